The maximum absolute atomic E-state index is 11.6. The Morgan fingerprint density at radius 3 is 2.00 bits per heavy atom. The van der Waals surface area contributed by atoms with Gasteiger partial charge in [0.1, 0.15) is 0 Å². The van der Waals surface area contributed by atoms with E-state index in [1.807, 2.05) is 0 Å². The van der Waals surface area contributed by atoms with E-state index in [1.54, 1.807) is 0 Å². The van der Waals surface area contributed by atoms with Crippen LogP contribution >= 0.6 is 0 Å². The average Bonchev–Trinajstić information content (AvgIpc) is 2.40. The highest BCUT2D eigenvalue weighted by molar-refractivity contribution is 5.73. The maximum Gasteiger partial charge on any atom is 0.313 e. The minimum absolute atomic E-state index is 0. The molecule has 0 aromatic carbocycles. The first-order valence-electron chi connectivity index (χ1n) is 7.52. The largest absolute Gasteiger partial charge is 0.435 e. The molecule has 0 spiro atoms. The Morgan fingerprint density at radius 1 is 1.05 bits per heavy atom. The normalized spacial score (nSPS) is 35.0. The fourth-order valence-electron chi connectivity index (χ4n) is 3.76. The van der Waals surface area contributed by atoms with Crippen molar-refractivity contribution in [1.82, 2.24) is 0 Å². The average molecular weight is 270 g/mol. The fraction of sp³-hybridized carbons (Fsp3) is 0.824. The Hall–Kier alpha value is -0.790. The van der Waals surface area contributed by atoms with Crippen molar-refractivity contribution < 1.29 is 12.4 Å². The van der Waals surface area contributed by atoms with Gasteiger partial charge in [0.2, 0.25) is 0 Å². The van der Waals surface area contributed by atoms with E-state index in [0.717, 1.165) is 30.6 Å². The van der Waals surface area contributed by atoms with E-state index in [4.69, 9.17) is 4.74 Å². The van der Waals surface area contributed by atoms with E-state index < -0.39 is 0 Å². The number of hydrogen-bond donors (Lipinski definition) is 0. The Labute approximate surface area is 121 Å². The summed E-state index contributed by atoms with van der Waals surface area (Å²) in [5.41, 5.74) is 0. The molecule has 0 heterocycles. The molecule has 19 heavy (non-hydrogen) atoms. The summed E-state index contributed by atoms with van der Waals surface area (Å²) in [6.07, 6.45) is 11.4. The quantitative estimate of drug-likeness (QED) is 0.504. The van der Waals surface area contributed by atoms with Crippen LogP contribution in [-0.2, 0) is 9.53 Å². The number of ether oxygens (including phenoxy) is 1. The summed E-state index contributed by atoms with van der Waals surface area (Å²) in [5.74, 6) is 2.78. The zero-order valence-corrected chi connectivity index (χ0v) is 11.6. The summed E-state index contributed by atoms with van der Waals surface area (Å²) in [7, 11) is 0. The van der Waals surface area contributed by atoms with Gasteiger partial charge in [-0.2, -0.15) is 0 Å². The molecule has 2 saturated carbocycles. The Balaban J connectivity index is 0. The Bertz CT molecular complexity index is 291. The molecule has 0 aliphatic heterocycles. The lowest BCUT2D eigenvalue weighted by atomic mass is 9.69. The summed E-state index contributed by atoms with van der Waals surface area (Å²) in [5, 5.41) is 0. The van der Waals surface area contributed by atoms with Gasteiger partial charge in [-0.3, -0.25) is 4.79 Å². The number of esters is 1. The van der Waals surface area contributed by atoms with Crippen LogP contribution in [-0.4, -0.2) is 5.97 Å². The molecule has 2 aliphatic carbocycles. The van der Waals surface area contributed by atoms with E-state index in [1.165, 1.54) is 44.8 Å². The summed E-state index contributed by atoms with van der Waals surface area (Å²) in [6, 6.07) is 0. The smallest absolute Gasteiger partial charge is 0.313 e. The van der Waals surface area contributed by atoms with Crippen molar-refractivity contribution in [3.05, 3.63) is 12.8 Å². The topological polar surface area (TPSA) is 26.3 Å². The highest BCUT2D eigenvalue weighted by Crippen LogP contribution is 2.41. The second kappa shape index (κ2) is 7.72. The minimum atomic E-state index is -0.0688. The zero-order chi connectivity index (χ0) is 13.0. The van der Waals surface area contributed by atoms with Crippen LogP contribution in [0.5, 0.6) is 0 Å². The lowest BCUT2D eigenvalue weighted by Crippen LogP contribution is -2.28. The molecule has 2 heteroatoms. The highest BCUT2D eigenvalue weighted by Gasteiger charge is 2.32. The van der Waals surface area contributed by atoms with Gasteiger partial charge in [0.15, 0.2) is 0 Å². The van der Waals surface area contributed by atoms with Crippen molar-refractivity contribution in [2.24, 2.45) is 23.7 Å². The van der Waals surface area contributed by atoms with Gasteiger partial charge in [-0.25, -0.2) is 0 Å². The first kappa shape index (κ1) is 16.3. The molecule has 0 amide bonds. The summed E-state index contributed by atoms with van der Waals surface area (Å²) in [4.78, 5) is 11.6. The monoisotopic (exact) mass is 270 g/mol. The SMILES string of the molecule is C.C=COC(=O)C1CCC(C2CCC(C)CC2)CC1.[HH].[HH]. The third kappa shape index (κ3) is 4.36. The molecule has 0 N–H and O–H groups in total. The molecule has 114 valence electrons. The van der Waals surface area contributed by atoms with Gasteiger partial charge in [-0.15, -0.1) is 0 Å². The molecule has 0 radical (unpaired) electrons. The molecule has 2 rings (SSSR count). The van der Waals surface area contributed by atoms with E-state index in [2.05, 4.69) is 13.5 Å². The van der Waals surface area contributed by atoms with Crippen molar-refractivity contribution >= 4 is 5.97 Å². The summed E-state index contributed by atoms with van der Waals surface area (Å²) >= 11 is 0. The van der Waals surface area contributed by atoms with Crippen LogP contribution in [0.2, 0.25) is 0 Å². The van der Waals surface area contributed by atoms with Crippen molar-refractivity contribution in [2.75, 3.05) is 0 Å². The third-order valence-electron chi connectivity index (χ3n) is 5.03. The molecule has 0 aromatic heterocycles. The predicted molar refractivity (Wildman–Crippen MR) is 83.8 cm³/mol. The predicted octanol–water partition coefficient (Wildman–Crippen LogP) is 5.43. The van der Waals surface area contributed by atoms with Gasteiger partial charge in [0, 0.05) is 2.85 Å². The highest BCUT2D eigenvalue weighted by atomic mass is 16.5. The molecule has 0 saturated heterocycles. The van der Waals surface area contributed by atoms with Crippen LogP contribution in [0.3, 0.4) is 0 Å². The van der Waals surface area contributed by atoms with Crippen molar-refractivity contribution in [1.29, 1.82) is 0 Å². The lowest BCUT2D eigenvalue weighted by Gasteiger charge is -2.36. The molecular formula is C17H34O2. The van der Waals surface area contributed by atoms with Gasteiger partial charge in [-0.05, 0) is 56.3 Å². The van der Waals surface area contributed by atoms with Crippen LogP contribution in [0.4, 0.5) is 0 Å². The number of carbonyl (C=O) groups excluding carboxylic acids is 1. The second-order valence-corrected chi connectivity index (χ2v) is 6.24. The molecule has 0 aromatic rings. The van der Waals surface area contributed by atoms with E-state index >= 15 is 0 Å². The van der Waals surface area contributed by atoms with Gasteiger partial charge in [0.25, 0.3) is 0 Å². The van der Waals surface area contributed by atoms with E-state index in [-0.39, 0.29) is 22.2 Å². The second-order valence-electron chi connectivity index (χ2n) is 6.24. The van der Waals surface area contributed by atoms with Gasteiger partial charge < -0.3 is 4.74 Å². The van der Waals surface area contributed by atoms with Crippen molar-refractivity contribution in [3.63, 3.8) is 0 Å². The molecule has 2 aliphatic rings. The van der Waals surface area contributed by atoms with Crippen LogP contribution in [0.25, 0.3) is 0 Å². The maximum atomic E-state index is 11.6. The van der Waals surface area contributed by atoms with E-state index in [9.17, 15) is 4.79 Å². The molecule has 2 nitrogen and oxygen atoms in total. The number of rotatable bonds is 3. The minimum Gasteiger partial charge on any atom is -0.435 e. The molecule has 0 unspecified atom stereocenters. The zero-order valence-electron chi connectivity index (χ0n) is 11.6. The van der Waals surface area contributed by atoms with Gasteiger partial charge in [-0.1, -0.05) is 33.8 Å². The standard InChI is InChI=1S/C16H26O2.CH4.2H2/c1-3-18-16(17)15-10-8-14(9-11-15)13-6-4-12(2)5-7-13;;;/h3,12-15H,1,4-11H2,2H3;1H4;2*1H. The molecule has 2 fully saturated rings. The van der Waals surface area contributed by atoms with Gasteiger partial charge in [0.05, 0.1) is 12.2 Å². The molecule has 0 bridgehead atoms. The van der Waals surface area contributed by atoms with Gasteiger partial charge >= 0.3 is 5.97 Å². The lowest BCUT2D eigenvalue weighted by molar-refractivity contribution is -0.144. The van der Waals surface area contributed by atoms with Crippen LogP contribution in [0.15, 0.2) is 12.8 Å². The molecule has 0 atom stereocenters. The summed E-state index contributed by atoms with van der Waals surface area (Å²) in [6.45, 7) is 5.82. The van der Waals surface area contributed by atoms with Crippen LogP contribution in [0, 0.1) is 23.7 Å². The van der Waals surface area contributed by atoms with Crippen LogP contribution in [0.1, 0.15) is 68.6 Å². The first-order chi connectivity index (χ1) is 8.70. The molecular weight excluding hydrogens is 236 g/mol. The van der Waals surface area contributed by atoms with Crippen LogP contribution < -0.4 is 0 Å². The Morgan fingerprint density at radius 2 is 1.53 bits per heavy atom. The fourth-order valence-corrected chi connectivity index (χ4v) is 3.76. The number of carbonyl (C=O) groups is 1. The summed E-state index contributed by atoms with van der Waals surface area (Å²) < 4.78 is 4.90. The van der Waals surface area contributed by atoms with Crippen molar-refractivity contribution in [2.45, 2.75) is 65.7 Å². The van der Waals surface area contributed by atoms with E-state index in [0.29, 0.717) is 0 Å². The van der Waals surface area contributed by atoms with Crippen molar-refractivity contribution in [3.8, 4) is 0 Å². The first-order valence-corrected chi connectivity index (χ1v) is 7.52. The Kier molecular flexibility index (Phi) is 6.60. The third-order valence-corrected chi connectivity index (χ3v) is 5.03. The number of hydrogen-bond acceptors (Lipinski definition) is 2.